The fourth-order valence-electron chi connectivity index (χ4n) is 4.17. The predicted octanol–water partition coefficient (Wildman–Crippen LogP) is 4.41. The largest absolute Gasteiger partial charge is 0.368 e. The molecule has 2 aromatic rings. The maximum Gasteiger partial charge on any atom is 0.220 e. The number of nitrogens with zero attached hydrogens (tertiary/aromatic N) is 3. The monoisotopic (exact) mass is 461 g/mol. The van der Waals surface area contributed by atoms with Crippen LogP contribution in [0.2, 0.25) is 0 Å². The fourth-order valence-corrected chi connectivity index (χ4v) is 4.79. The average Bonchev–Trinajstić information content (AvgIpc) is 2.68. The van der Waals surface area contributed by atoms with Crippen LogP contribution in [0, 0.1) is 18.7 Å². The van der Waals surface area contributed by atoms with Crippen molar-refractivity contribution in [3.8, 4) is 0 Å². The number of halogens is 2. The van der Waals surface area contributed by atoms with Gasteiger partial charge in [-0.1, -0.05) is 41.3 Å². The van der Waals surface area contributed by atoms with Gasteiger partial charge in [0.15, 0.2) is 5.84 Å². The summed E-state index contributed by atoms with van der Waals surface area (Å²) in [5, 5.41) is 0. The van der Waals surface area contributed by atoms with Gasteiger partial charge >= 0.3 is 0 Å². The van der Waals surface area contributed by atoms with Crippen LogP contribution in [0.15, 0.2) is 27.7 Å². The Kier molecular flexibility index (Phi) is 6.10. The quantitative estimate of drug-likeness (QED) is 0.658. The van der Waals surface area contributed by atoms with Gasteiger partial charge in [-0.3, -0.25) is 9.83 Å². The number of aliphatic imine (C=N–C) groups is 1. The van der Waals surface area contributed by atoms with Gasteiger partial charge in [0.05, 0.1) is 29.6 Å². The smallest absolute Gasteiger partial charge is 0.220 e. The van der Waals surface area contributed by atoms with E-state index in [1.807, 2.05) is 6.92 Å². The van der Waals surface area contributed by atoms with Crippen LogP contribution in [0.25, 0.3) is 0 Å². The number of rotatable bonds is 4. The molecule has 1 aliphatic carbocycles. The Morgan fingerprint density at radius 2 is 2.03 bits per heavy atom. The van der Waals surface area contributed by atoms with Gasteiger partial charge in [-0.2, -0.15) is 0 Å². The minimum atomic E-state index is -0.294. The van der Waals surface area contributed by atoms with Crippen molar-refractivity contribution in [2.75, 3.05) is 12.3 Å². The maximum atomic E-state index is 13.5. The van der Waals surface area contributed by atoms with Crippen LogP contribution < -0.4 is 11.2 Å². The zero-order chi connectivity index (χ0) is 20.4. The number of aryl methyl sites for hydroxylation is 1. The topological polar surface area (TPSA) is 85.4 Å². The molecule has 0 bridgehead atoms. The molecular formula is C21H25BrFN5O. The van der Waals surface area contributed by atoms with E-state index in [1.165, 1.54) is 44.2 Å². The number of fused-ring (bicyclic) bond motifs is 1. The molecule has 1 aliphatic heterocycles. The Balaban J connectivity index is 1.60. The molecule has 0 radical (unpaired) electrons. The van der Waals surface area contributed by atoms with Gasteiger partial charge in [-0.15, -0.1) is 0 Å². The summed E-state index contributed by atoms with van der Waals surface area (Å²) in [6.45, 7) is 2.54. The summed E-state index contributed by atoms with van der Waals surface area (Å²) in [6, 6.07) is 4.41. The SMILES string of the molecule is Cc1nc(N)nc2c1C(NOCC1CCCCC1)=NC(c1ccc(F)cc1Br)C2. The van der Waals surface area contributed by atoms with Crippen molar-refractivity contribution in [1.29, 1.82) is 0 Å². The Bertz CT molecular complexity index is 930. The van der Waals surface area contributed by atoms with Gasteiger partial charge < -0.3 is 5.73 Å². The number of hydroxylamine groups is 1. The van der Waals surface area contributed by atoms with E-state index in [9.17, 15) is 4.39 Å². The molecule has 1 aromatic heterocycles. The summed E-state index contributed by atoms with van der Waals surface area (Å²) < 4.78 is 14.2. The highest BCUT2D eigenvalue weighted by Crippen LogP contribution is 2.34. The molecule has 4 rings (SSSR count). The standard InChI is InChI=1S/C21H25BrFN5O/c1-12-19-18(27-21(24)25-12)10-17(15-8-7-14(23)9-16(15)22)26-20(19)28-29-11-13-5-3-2-4-6-13/h7-9,13,17H,2-6,10-11H2,1H3,(H,26,28)(H2,24,25,27). The van der Waals surface area contributed by atoms with Gasteiger partial charge in [0.25, 0.3) is 0 Å². The zero-order valence-electron chi connectivity index (χ0n) is 16.4. The highest BCUT2D eigenvalue weighted by Gasteiger charge is 2.28. The second-order valence-electron chi connectivity index (χ2n) is 7.77. The van der Waals surface area contributed by atoms with E-state index < -0.39 is 0 Å². The first-order valence-electron chi connectivity index (χ1n) is 10.0. The van der Waals surface area contributed by atoms with E-state index in [1.54, 1.807) is 6.07 Å². The van der Waals surface area contributed by atoms with Gasteiger partial charge in [0.2, 0.25) is 5.95 Å². The first-order valence-corrected chi connectivity index (χ1v) is 10.8. The Morgan fingerprint density at radius 1 is 1.24 bits per heavy atom. The molecule has 8 heteroatoms. The second kappa shape index (κ2) is 8.75. The van der Waals surface area contributed by atoms with E-state index >= 15 is 0 Å². The number of anilines is 1. The van der Waals surface area contributed by atoms with Crippen molar-refractivity contribution in [2.24, 2.45) is 10.9 Å². The molecule has 0 saturated heterocycles. The molecule has 1 aromatic carbocycles. The molecule has 1 saturated carbocycles. The lowest BCUT2D eigenvalue weighted by Gasteiger charge is -2.26. The number of nitrogen functional groups attached to an aromatic ring is 1. The van der Waals surface area contributed by atoms with Gasteiger partial charge in [-0.05, 0) is 43.4 Å². The van der Waals surface area contributed by atoms with E-state index in [4.69, 9.17) is 15.6 Å². The van der Waals surface area contributed by atoms with Gasteiger partial charge in [-0.25, -0.2) is 19.8 Å². The molecule has 154 valence electrons. The lowest BCUT2D eigenvalue weighted by Crippen LogP contribution is -2.33. The average molecular weight is 462 g/mol. The number of benzene rings is 1. The molecule has 2 heterocycles. The highest BCUT2D eigenvalue weighted by molar-refractivity contribution is 9.10. The minimum Gasteiger partial charge on any atom is -0.368 e. The summed E-state index contributed by atoms with van der Waals surface area (Å²) in [6.07, 6.45) is 6.82. The third-order valence-corrected chi connectivity index (χ3v) is 6.31. The Morgan fingerprint density at radius 3 is 2.79 bits per heavy atom. The lowest BCUT2D eigenvalue weighted by atomic mass is 9.90. The van der Waals surface area contributed by atoms with Crippen LogP contribution >= 0.6 is 15.9 Å². The number of nitrogens with two attached hydrogens (primary N) is 1. The fraction of sp³-hybridized carbons (Fsp3) is 0.476. The lowest BCUT2D eigenvalue weighted by molar-refractivity contribution is 0.0447. The molecule has 1 fully saturated rings. The summed E-state index contributed by atoms with van der Waals surface area (Å²) in [7, 11) is 0. The molecule has 2 aliphatic rings. The van der Waals surface area contributed by atoms with Crippen molar-refractivity contribution in [3.05, 3.63) is 51.0 Å². The summed E-state index contributed by atoms with van der Waals surface area (Å²) >= 11 is 3.46. The maximum absolute atomic E-state index is 13.5. The normalized spacial score (nSPS) is 19.6. The van der Waals surface area contributed by atoms with Crippen molar-refractivity contribution in [3.63, 3.8) is 0 Å². The van der Waals surface area contributed by atoms with Crippen LogP contribution in [0.3, 0.4) is 0 Å². The van der Waals surface area contributed by atoms with Crippen LogP contribution in [0.5, 0.6) is 0 Å². The first-order chi connectivity index (χ1) is 14.0. The van der Waals surface area contributed by atoms with Crippen molar-refractivity contribution >= 4 is 27.7 Å². The van der Waals surface area contributed by atoms with Gasteiger partial charge in [0.1, 0.15) is 5.82 Å². The molecule has 29 heavy (non-hydrogen) atoms. The molecule has 1 unspecified atom stereocenters. The summed E-state index contributed by atoms with van der Waals surface area (Å²) in [4.78, 5) is 19.5. The summed E-state index contributed by atoms with van der Waals surface area (Å²) in [5.41, 5.74) is 12.2. The van der Waals surface area contributed by atoms with E-state index in [-0.39, 0.29) is 17.8 Å². The second-order valence-corrected chi connectivity index (χ2v) is 8.62. The van der Waals surface area contributed by atoms with Crippen LogP contribution in [-0.4, -0.2) is 22.4 Å². The Labute approximate surface area is 178 Å². The minimum absolute atomic E-state index is 0.230. The molecule has 1 atom stereocenters. The number of amidine groups is 1. The van der Waals surface area contributed by atoms with E-state index in [0.29, 0.717) is 29.3 Å². The number of hydrogen-bond acceptors (Lipinski definition) is 6. The van der Waals surface area contributed by atoms with E-state index in [0.717, 1.165) is 22.5 Å². The van der Waals surface area contributed by atoms with Crippen LogP contribution in [0.1, 0.15) is 60.7 Å². The van der Waals surface area contributed by atoms with E-state index in [2.05, 4.69) is 31.4 Å². The zero-order valence-corrected chi connectivity index (χ0v) is 18.0. The number of hydrogen-bond donors (Lipinski definition) is 2. The third kappa shape index (κ3) is 4.59. The molecule has 0 amide bonds. The molecule has 0 spiro atoms. The highest BCUT2D eigenvalue weighted by atomic mass is 79.9. The third-order valence-electron chi connectivity index (χ3n) is 5.62. The van der Waals surface area contributed by atoms with Gasteiger partial charge in [0, 0.05) is 10.9 Å². The van der Waals surface area contributed by atoms with Crippen molar-refractivity contribution in [1.82, 2.24) is 15.4 Å². The predicted molar refractivity (Wildman–Crippen MR) is 114 cm³/mol. The Hall–Kier alpha value is -2.06. The number of nitrogens with one attached hydrogen (secondary N) is 1. The van der Waals surface area contributed by atoms with Crippen LogP contribution in [0.4, 0.5) is 10.3 Å². The summed E-state index contributed by atoms with van der Waals surface area (Å²) in [5.74, 6) is 1.12. The molecular weight excluding hydrogens is 437 g/mol. The van der Waals surface area contributed by atoms with Crippen LogP contribution in [-0.2, 0) is 11.3 Å². The number of aromatic nitrogens is 2. The molecule has 3 N–H and O–H groups in total. The molecule has 6 nitrogen and oxygen atoms in total. The van der Waals surface area contributed by atoms with Crippen molar-refractivity contribution < 1.29 is 9.23 Å². The first kappa shape index (κ1) is 20.2. The van der Waals surface area contributed by atoms with Crippen molar-refractivity contribution in [2.45, 2.75) is 51.5 Å².